The fourth-order valence-electron chi connectivity index (χ4n) is 3.27. The van der Waals surface area contributed by atoms with Gasteiger partial charge in [-0.1, -0.05) is 31.2 Å². The highest BCUT2D eigenvalue weighted by molar-refractivity contribution is 5.89. The average Bonchev–Trinajstić information content (AvgIpc) is 3.08. The fraction of sp³-hybridized carbons (Fsp3) is 0.304. The number of fused-ring (bicyclic) bond motifs is 1. The van der Waals surface area contributed by atoms with Crippen LogP contribution in [0.1, 0.15) is 41.2 Å². The number of carbonyl (C=O) groups is 1. The van der Waals surface area contributed by atoms with Crippen molar-refractivity contribution in [3.63, 3.8) is 0 Å². The van der Waals surface area contributed by atoms with Crippen LogP contribution >= 0.6 is 0 Å². The van der Waals surface area contributed by atoms with Crippen LogP contribution in [-0.4, -0.2) is 17.4 Å². The molecule has 3 aromatic rings. The number of furan rings is 1. The summed E-state index contributed by atoms with van der Waals surface area (Å²) in [5, 5.41) is 9.94. The second-order valence-electron chi connectivity index (χ2n) is 6.95. The molecule has 0 bridgehead atoms. The van der Waals surface area contributed by atoms with Crippen LogP contribution in [0.3, 0.4) is 0 Å². The zero-order chi connectivity index (χ0) is 19.4. The van der Waals surface area contributed by atoms with Crippen molar-refractivity contribution in [2.24, 2.45) is 0 Å². The molecule has 0 saturated carbocycles. The van der Waals surface area contributed by atoms with Gasteiger partial charge in [0.2, 0.25) is 5.91 Å². The van der Waals surface area contributed by atoms with E-state index in [4.69, 9.17) is 9.68 Å². The quantitative estimate of drug-likeness (QED) is 0.628. The number of benzene rings is 2. The summed E-state index contributed by atoms with van der Waals surface area (Å²) in [7, 11) is 0. The van der Waals surface area contributed by atoms with Crippen molar-refractivity contribution in [3.8, 4) is 6.07 Å². The maximum absolute atomic E-state index is 13.0. The Morgan fingerprint density at radius 3 is 2.56 bits per heavy atom. The summed E-state index contributed by atoms with van der Waals surface area (Å²) in [4.78, 5) is 14.8. The van der Waals surface area contributed by atoms with E-state index in [1.807, 2.05) is 30.0 Å². The van der Waals surface area contributed by atoms with Gasteiger partial charge in [0.15, 0.2) is 0 Å². The van der Waals surface area contributed by atoms with Crippen molar-refractivity contribution in [2.75, 3.05) is 6.54 Å². The van der Waals surface area contributed by atoms with Crippen LogP contribution in [0.5, 0.6) is 0 Å². The first-order valence-corrected chi connectivity index (χ1v) is 9.26. The topological polar surface area (TPSA) is 57.2 Å². The highest BCUT2D eigenvalue weighted by Gasteiger charge is 2.18. The molecule has 1 aromatic heterocycles. The summed E-state index contributed by atoms with van der Waals surface area (Å²) in [6, 6.07) is 13.6. The van der Waals surface area contributed by atoms with Gasteiger partial charge in [-0.25, -0.2) is 0 Å². The summed E-state index contributed by atoms with van der Waals surface area (Å²) in [6.45, 7) is 7.42. The first kappa shape index (κ1) is 18.7. The molecule has 27 heavy (non-hydrogen) atoms. The van der Waals surface area contributed by atoms with E-state index in [0.29, 0.717) is 25.1 Å². The molecule has 0 N–H and O–H groups in total. The summed E-state index contributed by atoms with van der Waals surface area (Å²) in [5.41, 5.74) is 5.75. The number of nitrogens with zero attached hydrogens (tertiary/aromatic N) is 2. The summed E-state index contributed by atoms with van der Waals surface area (Å²) < 4.78 is 5.74. The third kappa shape index (κ3) is 4.03. The van der Waals surface area contributed by atoms with E-state index >= 15 is 0 Å². The number of hydrogen-bond acceptors (Lipinski definition) is 3. The number of amides is 1. The number of aryl methyl sites for hydroxylation is 2. The molecule has 138 valence electrons. The van der Waals surface area contributed by atoms with Crippen LogP contribution in [0.15, 0.2) is 47.1 Å². The van der Waals surface area contributed by atoms with Gasteiger partial charge in [0, 0.05) is 24.0 Å². The molecular weight excluding hydrogens is 336 g/mol. The van der Waals surface area contributed by atoms with Gasteiger partial charge in [0.25, 0.3) is 0 Å². The van der Waals surface area contributed by atoms with Gasteiger partial charge >= 0.3 is 0 Å². The molecule has 0 aliphatic rings. The lowest BCUT2D eigenvalue weighted by Gasteiger charge is -2.22. The first-order valence-electron chi connectivity index (χ1n) is 9.26. The zero-order valence-electron chi connectivity index (χ0n) is 16.1. The van der Waals surface area contributed by atoms with Gasteiger partial charge in [-0.05, 0) is 49.1 Å². The van der Waals surface area contributed by atoms with Crippen LogP contribution in [-0.2, 0) is 17.8 Å². The van der Waals surface area contributed by atoms with Crippen molar-refractivity contribution < 1.29 is 9.21 Å². The molecule has 1 amide bonds. The summed E-state index contributed by atoms with van der Waals surface area (Å²) >= 11 is 0. The number of rotatable bonds is 6. The maximum Gasteiger partial charge on any atom is 0.227 e. The van der Waals surface area contributed by atoms with Gasteiger partial charge < -0.3 is 9.32 Å². The van der Waals surface area contributed by atoms with Gasteiger partial charge in [0.05, 0.1) is 24.3 Å². The second-order valence-corrected chi connectivity index (χ2v) is 6.95. The van der Waals surface area contributed by atoms with Crippen LogP contribution < -0.4 is 0 Å². The Morgan fingerprint density at radius 2 is 1.89 bits per heavy atom. The predicted molar refractivity (Wildman–Crippen MR) is 106 cm³/mol. The minimum atomic E-state index is 0.0853. The van der Waals surface area contributed by atoms with Crippen molar-refractivity contribution in [3.05, 3.63) is 70.5 Å². The van der Waals surface area contributed by atoms with Gasteiger partial charge in [0.1, 0.15) is 5.58 Å². The molecule has 0 spiro atoms. The van der Waals surface area contributed by atoms with Crippen LogP contribution in [0.25, 0.3) is 11.0 Å². The van der Waals surface area contributed by atoms with Crippen molar-refractivity contribution in [1.29, 1.82) is 5.26 Å². The Bertz CT molecular complexity index is 994. The Balaban J connectivity index is 1.79. The lowest BCUT2D eigenvalue weighted by atomic mass is 10.0. The maximum atomic E-state index is 13.0. The lowest BCUT2D eigenvalue weighted by molar-refractivity contribution is -0.131. The first-order chi connectivity index (χ1) is 13.0. The molecule has 0 aliphatic heterocycles. The van der Waals surface area contributed by atoms with E-state index in [1.165, 1.54) is 5.56 Å². The Kier molecular flexibility index (Phi) is 5.61. The largest absolute Gasteiger partial charge is 0.464 e. The Hall–Kier alpha value is -3.06. The Labute approximate surface area is 160 Å². The van der Waals surface area contributed by atoms with E-state index in [1.54, 1.807) is 18.4 Å². The molecular formula is C23H24N2O2. The molecule has 3 rings (SSSR count). The molecule has 4 heteroatoms. The SMILES string of the molecule is CCCN(Cc1ccc(C#N)cc1)C(=O)Cc1coc2c(C)c(C)ccc12. The van der Waals surface area contributed by atoms with E-state index in [-0.39, 0.29) is 5.91 Å². The van der Waals surface area contributed by atoms with E-state index in [9.17, 15) is 4.79 Å². The van der Waals surface area contributed by atoms with E-state index in [0.717, 1.165) is 34.1 Å². The van der Waals surface area contributed by atoms with Crippen molar-refractivity contribution >= 4 is 16.9 Å². The van der Waals surface area contributed by atoms with E-state index in [2.05, 4.69) is 26.0 Å². The van der Waals surface area contributed by atoms with Crippen LogP contribution in [0.4, 0.5) is 0 Å². The minimum Gasteiger partial charge on any atom is -0.464 e. The summed E-state index contributed by atoms with van der Waals surface area (Å²) in [5.74, 6) is 0.0853. The predicted octanol–water partition coefficient (Wildman–Crippen LogP) is 4.90. The van der Waals surface area contributed by atoms with Gasteiger partial charge in [-0.2, -0.15) is 5.26 Å². The monoisotopic (exact) mass is 360 g/mol. The van der Waals surface area contributed by atoms with Crippen molar-refractivity contribution in [1.82, 2.24) is 4.90 Å². The molecule has 4 nitrogen and oxygen atoms in total. The molecule has 0 fully saturated rings. The van der Waals surface area contributed by atoms with E-state index < -0.39 is 0 Å². The fourth-order valence-corrected chi connectivity index (χ4v) is 3.27. The van der Waals surface area contributed by atoms with Gasteiger partial charge in [-0.15, -0.1) is 0 Å². The molecule has 0 aliphatic carbocycles. The minimum absolute atomic E-state index is 0.0853. The summed E-state index contributed by atoms with van der Waals surface area (Å²) in [6.07, 6.45) is 2.93. The normalized spacial score (nSPS) is 10.7. The molecule has 0 radical (unpaired) electrons. The standard InChI is InChI=1S/C23H24N2O2/c1-4-11-25(14-19-8-6-18(13-24)7-9-19)22(26)12-20-15-27-23-17(3)16(2)5-10-21(20)23/h5-10,15H,4,11-12,14H2,1-3H3. The molecule has 0 atom stereocenters. The van der Waals surface area contributed by atoms with Crippen LogP contribution in [0, 0.1) is 25.2 Å². The molecule has 1 heterocycles. The van der Waals surface area contributed by atoms with Crippen LogP contribution in [0.2, 0.25) is 0 Å². The number of carbonyl (C=O) groups excluding carboxylic acids is 1. The lowest BCUT2D eigenvalue weighted by Crippen LogP contribution is -2.32. The molecule has 2 aromatic carbocycles. The smallest absolute Gasteiger partial charge is 0.227 e. The van der Waals surface area contributed by atoms with Crippen molar-refractivity contribution in [2.45, 2.75) is 40.2 Å². The third-order valence-corrected chi connectivity index (χ3v) is 4.99. The Morgan fingerprint density at radius 1 is 1.15 bits per heavy atom. The molecule has 0 unspecified atom stereocenters. The number of nitriles is 1. The number of hydrogen-bond donors (Lipinski definition) is 0. The highest BCUT2D eigenvalue weighted by atomic mass is 16.3. The second kappa shape index (κ2) is 8.09. The zero-order valence-corrected chi connectivity index (χ0v) is 16.1. The average molecular weight is 360 g/mol. The van der Waals surface area contributed by atoms with Gasteiger partial charge in [-0.3, -0.25) is 4.79 Å². The molecule has 0 saturated heterocycles. The third-order valence-electron chi connectivity index (χ3n) is 4.99. The highest BCUT2D eigenvalue weighted by Crippen LogP contribution is 2.27.